The summed E-state index contributed by atoms with van der Waals surface area (Å²) in [5.74, 6) is 0.420. The van der Waals surface area contributed by atoms with Crippen molar-refractivity contribution in [1.29, 1.82) is 0 Å². The first-order valence-electron chi connectivity index (χ1n) is 8.65. The first-order valence-corrected chi connectivity index (χ1v) is 9.47. The molecule has 2 aromatic heterocycles. The van der Waals surface area contributed by atoms with Crippen molar-refractivity contribution in [3.8, 4) is 10.6 Å². The third-order valence-electron chi connectivity index (χ3n) is 4.61. The van der Waals surface area contributed by atoms with E-state index in [4.69, 9.17) is 5.73 Å². The molecular weight excluding hydrogens is 367 g/mol. The smallest absolute Gasteiger partial charge is 0.323 e. The first kappa shape index (κ1) is 17.7. The molecule has 4 rings (SSSR count). The second-order valence-electron chi connectivity index (χ2n) is 6.60. The molecule has 140 valence electrons. The number of halogens is 1. The van der Waals surface area contributed by atoms with Crippen LogP contribution in [0, 0.1) is 6.92 Å². The van der Waals surface area contributed by atoms with Gasteiger partial charge in [-0.3, -0.25) is 5.32 Å². The van der Waals surface area contributed by atoms with Crippen molar-refractivity contribution in [3.05, 3.63) is 35.5 Å². The molecule has 0 unspecified atom stereocenters. The van der Waals surface area contributed by atoms with E-state index in [9.17, 15) is 9.18 Å². The summed E-state index contributed by atoms with van der Waals surface area (Å²) in [7, 11) is 0. The quantitative estimate of drug-likeness (QED) is 0.706. The van der Waals surface area contributed by atoms with Gasteiger partial charge in [-0.25, -0.2) is 14.2 Å². The van der Waals surface area contributed by atoms with Crippen LogP contribution in [0.3, 0.4) is 0 Å². The minimum Gasteiger partial charge on any atom is -0.325 e. The van der Waals surface area contributed by atoms with Crippen LogP contribution in [0.15, 0.2) is 30.5 Å². The number of urea groups is 1. The number of aromatic nitrogens is 3. The van der Waals surface area contributed by atoms with Crippen molar-refractivity contribution < 1.29 is 9.18 Å². The molecule has 0 bridgehead atoms. The van der Waals surface area contributed by atoms with E-state index >= 15 is 0 Å². The Morgan fingerprint density at radius 2 is 2.19 bits per heavy atom. The SMILES string of the molecule is Cc1nnc(-c2ccc3cnc(NC(=O)N4CC[C@H](N)[C@H](F)C4)cc3c2)s1. The zero-order valence-electron chi connectivity index (χ0n) is 14.7. The van der Waals surface area contributed by atoms with Gasteiger partial charge in [0.1, 0.15) is 22.0 Å². The molecule has 3 N–H and O–H groups in total. The number of nitrogens with one attached hydrogen (secondary N) is 1. The molecular formula is C18H19FN6OS. The Morgan fingerprint density at radius 1 is 1.33 bits per heavy atom. The Labute approximate surface area is 159 Å². The normalized spacial score (nSPS) is 20.0. The van der Waals surface area contributed by atoms with Gasteiger partial charge in [0.2, 0.25) is 0 Å². The fourth-order valence-corrected chi connectivity index (χ4v) is 3.74. The van der Waals surface area contributed by atoms with Crippen LogP contribution in [-0.4, -0.2) is 51.4 Å². The predicted molar refractivity (Wildman–Crippen MR) is 103 cm³/mol. The van der Waals surface area contributed by atoms with Crippen molar-refractivity contribution in [2.75, 3.05) is 18.4 Å². The second kappa shape index (κ2) is 7.16. The molecule has 2 amide bonds. The number of piperidine rings is 1. The third kappa shape index (κ3) is 3.74. The highest BCUT2D eigenvalue weighted by atomic mass is 32.1. The molecule has 9 heteroatoms. The highest BCUT2D eigenvalue weighted by molar-refractivity contribution is 7.14. The predicted octanol–water partition coefficient (Wildman–Crippen LogP) is 2.96. The number of amides is 2. The highest BCUT2D eigenvalue weighted by Crippen LogP contribution is 2.27. The number of fused-ring (bicyclic) bond motifs is 1. The number of anilines is 1. The molecule has 1 aliphatic rings. The molecule has 3 heterocycles. The van der Waals surface area contributed by atoms with E-state index in [2.05, 4.69) is 20.5 Å². The van der Waals surface area contributed by atoms with Crippen molar-refractivity contribution in [2.24, 2.45) is 5.73 Å². The fourth-order valence-electron chi connectivity index (χ4n) is 3.05. The molecule has 1 saturated heterocycles. The average molecular weight is 386 g/mol. The van der Waals surface area contributed by atoms with Gasteiger partial charge < -0.3 is 10.6 Å². The summed E-state index contributed by atoms with van der Waals surface area (Å²) in [5.41, 5.74) is 6.62. The number of pyridine rings is 1. The number of benzene rings is 1. The molecule has 0 aliphatic carbocycles. The minimum atomic E-state index is -1.20. The average Bonchev–Trinajstić information content (AvgIpc) is 3.09. The number of alkyl halides is 1. The van der Waals surface area contributed by atoms with Crippen LogP contribution in [-0.2, 0) is 0 Å². The summed E-state index contributed by atoms with van der Waals surface area (Å²) in [4.78, 5) is 18.1. The molecule has 0 spiro atoms. The highest BCUT2D eigenvalue weighted by Gasteiger charge is 2.29. The van der Waals surface area contributed by atoms with Crippen molar-refractivity contribution in [3.63, 3.8) is 0 Å². The number of likely N-dealkylation sites (tertiary alicyclic amines) is 1. The van der Waals surface area contributed by atoms with Crippen LogP contribution >= 0.6 is 11.3 Å². The molecule has 0 saturated carbocycles. The largest absolute Gasteiger partial charge is 0.325 e. The summed E-state index contributed by atoms with van der Waals surface area (Å²) in [6.45, 7) is 2.35. The second-order valence-corrected chi connectivity index (χ2v) is 7.78. The zero-order valence-corrected chi connectivity index (χ0v) is 15.5. The minimum absolute atomic E-state index is 0.00112. The molecule has 1 fully saturated rings. The van der Waals surface area contributed by atoms with Crippen LogP contribution in [0.4, 0.5) is 15.0 Å². The van der Waals surface area contributed by atoms with Gasteiger partial charge in [-0.15, -0.1) is 10.2 Å². The van der Waals surface area contributed by atoms with E-state index in [-0.39, 0.29) is 12.6 Å². The van der Waals surface area contributed by atoms with E-state index < -0.39 is 12.2 Å². The van der Waals surface area contributed by atoms with E-state index in [0.717, 1.165) is 26.4 Å². The van der Waals surface area contributed by atoms with Gasteiger partial charge in [-0.05, 0) is 30.9 Å². The van der Waals surface area contributed by atoms with Gasteiger partial charge in [0.15, 0.2) is 0 Å². The van der Waals surface area contributed by atoms with Gasteiger partial charge in [-0.2, -0.15) is 0 Å². The summed E-state index contributed by atoms with van der Waals surface area (Å²) in [6.07, 6.45) is 0.945. The van der Waals surface area contributed by atoms with E-state index in [1.165, 1.54) is 16.2 Å². The van der Waals surface area contributed by atoms with Crippen LogP contribution < -0.4 is 11.1 Å². The number of hydrogen-bond donors (Lipinski definition) is 2. The molecule has 3 aromatic rings. The summed E-state index contributed by atoms with van der Waals surface area (Å²) >= 11 is 1.52. The lowest BCUT2D eigenvalue weighted by atomic mass is 10.0. The Bertz CT molecular complexity index is 993. The number of nitrogens with zero attached hydrogens (tertiary/aromatic N) is 4. The van der Waals surface area contributed by atoms with Crippen molar-refractivity contribution in [1.82, 2.24) is 20.1 Å². The van der Waals surface area contributed by atoms with Gasteiger partial charge >= 0.3 is 6.03 Å². The zero-order chi connectivity index (χ0) is 19.0. The van der Waals surface area contributed by atoms with E-state index in [1.807, 2.05) is 25.1 Å². The monoisotopic (exact) mass is 386 g/mol. The lowest BCUT2D eigenvalue weighted by molar-refractivity contribution is 0.137. The van der Waals surface area contributed by atoms with Gasteiger partial charge in [0, 0.05) is 29.7 Å². The van der Waals surface area contributed by atoms with Crippen molar-refractivity contribution >= 4 is 34.0 Å². The first-order chi connectivity index (χ1) is 13.0. The fraction of sp³-hybridized carbons (Fsp3) is 0.333. The van der Waals surface area contributed by atoms with E-state index in [0.29, 0.717) is 18.8 Å². The van der Waals surface area contributed by atoms with Gasteiger partial charge in [-0.1, -0.05) is 23.5 Å². The number of rotatable bonds is 2. The number of carbonyl (C=O) groups is 1. The van der Waals surface area contributed by atoms with Crippen molar-refractivity contribution in [2.45, 2.75) is 25.6 Å². The molecule has 0 radical (unpaired) electrons. The van der Waals surface area contributed by atoms with Gasteiger partial charge in [0.05, 0.1) is 6.54 Å². The Hall–Kier alpha value is -2.65. The van der Waals surface area contributed by atoms with Crippen LogP contribution in [0.1, 0.15) is 11.4 Å². The maximum absolute atomic E-state index is 13.8. The molecule has 1 aromatic carbocycles. The number of nitrogens with two attached hydrogens (primary N) is 1. The number of aryl methyl sites for hydroxylation is 1. The maximum Gasteiger partial charge on any atom is 0.323 e. The Morgan fingerprint density at radius 3 is 2.93 bits per heavy atom. The molecule has 7 nitrogen and oxygen atoms in total. The maximum atomic E-state index is 13.8. The Balaban J connectivity index is 1.54. The number of hydrogen-bond acceptors (Lipinski definition) is 6. The standard InChI is InChI=1S/C18H19FN6OS/c1-10-23-24-17(27-10)11-2-3-12-8-21-16(7-13(12)6-11)22-18(26)25-5-4-15(20)14(19)9-25/h2-3,6-8,14-15H,4-5,9,20H2,1H3,(H,21,22,26)/t14-,15+/m1/s1. The number of carbonyl (C=O) groups excluding carboxylic acids is 1. The molecule has 27 heavy (non-hydrogen) atoms. The van der Waals surface area contributed by atoms with Crippen LogP contribution in [0.25, 0.3) is 21.3 Å². The summed E-state index contributed by atoms with van der Waals surface area (Å²) < 4.78 is 13.8. The van der Waals surface area contributed by atoms with Crippen LogP contribution in [0.5, 0.6) is 0 Å². The lowest BCUT2D eigenvalue weighted by Gasteiger charge is -2.32. The summed E-state index contributed by atoms with van der Waals surface area (Å²) in [6, 6.07) is 6.85. The van der Waals surface area contributed by atoms with Crippen LogP contribution in [0.2, 0.25) is 0 Å². The van der Waals surface area contributed by atoms with E-state index in [1.54, 1.807) is 12.3 Å². The molecule has 1 aliphatic heterocycles. The Kier molecular flexibility index (Phi) is 4.71. The lowest BCUT2D eigenvalue weighted by Crippen LogP contribution is -2.51. The van der Waals surface area contributed by atoms with Gasteiger partial charge in [0.25, 0.3) is 0 Å². The molecule has 2 atom stereocenters. The summed E-state index contributed by atoms with van der Waals surface area (Å²) in [5, 5.41) is 14.6. The third-order valence-corrected chi connectivity index (χ3v) is 5.50. The topological polar surface area (TPSA) is 97.0 Å².